The Morgan fingerprint density at radius 3 is 2.90 bits per heavy atom. The number of nitrogens with zero attached hydrogens (tertiary/aromatic N) is 3. The molecule has 0 aromatic carbocycles. The number of hydrogen-bond acceptors (Lipinski definition) is 4. The number of rotatable bonds is 2. The summed E-state index contributed by atoms with van der Waals surface area (Å²) in [5, 5.41) is 3.56. The van der Waals surface area contributed by atoms with Crippen molar-refractivity contribution >= 4 is 33.2 Å². The van der Waals surface area contributed by atoms with Crippen LogP contribution in [-0.2, 0) is 6.54 Å². The van der Waals surface area contributed by atoms with Gasteiger partial charge in [0.05, 0.1) is 6.54 Å². The van der Waals surface area contributed by atoms with Gasteiger partial charge in [-0.05, 0) is 35.7 Å². The van der Waals surface area contributed by atoms with Gasteiger partial charge in [0.2, 0.25) is 0 Å². The van der Waals surface area contributed by atoms with Crippen molar-refractivity contribution in [2.75, 3.05) is 13.1 Å². The predicted molar refractivity (Wildman–Crippen MR) is 85.3 cm³/mol. The number of halogens is 1. The standard InChI is InChI=1S/C15H20ClN3S/c1-15(2,3)10-4-6-19(8-10)9-12-17-13(16)11-5-7-20-14(11)18-12/h5,7,10H,4,6,8-9H2,1-3H3. The lowest BCUT2D eigenvalue weighted by molar-refractivity contribution is 0.224. The van der Waals surface area contributed by atoms with Crippen molar-refractivity contribution in [1.82, 2.24) is 14.9 Å². The highest BCUT2D eigenvalue weighted by molar-refractivity contribution is 7.16. The maximum absolute atomic E-state index is 6.23. The molecule has 0 amide bonds. The van der Waals surface area contributed by atoms with E-state index in [2.05, 4.69) is 35.6 Å². The Kier molecular flexibility index (Phi) is 3.73. The van der Waals surface area contributed by atoms with Crippen LogP contribution < -0.4 is 0 Å². The molecule has 3 heterocycles. The highest BCUT2D eigenvalue weighted by atomic mass is 35.5. The third kappa shape index (κ3) is 2.83. The summed E-state index contributed by atoms with van der Waals surface area (Å²) in [7, 11) is 0. The summed E-state index contributed by atoms with van der Waals surface area (Å²) in [5.41, 5.74) is 0.380. The number of aromatic nitrogens is 2. The summed E-state index contributed by atoms with van der Waals surface area (Å²) in [6, 6.07) is 1.98. The van der Waals surface area contributed by atoms with Gasteiger partial charge in [0, 0.05) is 11.9 Å². The van der Waals surface area contributed by atoms with E-state index in [0.29, 0.717) is 10.6 Å². The van der Waals surface area contributed by atoms with Crippen LogP contribution in [0.1, 0.15) is 33.0 Å². The first-order chi connectivity index (χ1) is 9.43. The van der Waals surface area contributed by atoms with Gasteiger partial charge in [-0.15, -0.1) is 11.3 Å². The zero-order valence-electron chi connectivity index (χ0n) is 12.2. The minimum absolute atomic E-state index is 0.380. The molecule has 0 spiro atoms. The van der Waals surface area contributed by atoms with Crippen LogP contribution in [0.3, 0.4) is 0 Å². The molecule has 20 heavy (non-hydrogen) atoms. The van der Waals surface area contributed by atoms with Crippen molar-refractivity contribution in [3.63, 3.8) is 0 Å². The van der Waals surface area contributed by atoms with E-state index in [4.69, 9.17) is 11.6 Å². The third-order valence-electron chi connectivity index (χ3n) is 4.19. The summed E-state index contributed by atoms with van der Waals surface area (Å²) in [6.07, 6.45) is 1.26. The quantitative estimate of drug-likeness (QED) is 0.778. The molecule has 3 nitrogen and oxygen atoms in total. The fourth-order valence-electron chi connectivity index (χ4n) is 2.81. The molecule has 0 radical (unpaired) electrons. The summed E-state index contributed by atoms with van der Waals surface area (Å²) >= 11 is 7.85. The van der Waals surface area contributed by atoms with Crippen molar-refractivity contribution in [2.45, 2.75) is 33.7 Å². The van der Waals surface area contributed by atoms with Crippen molar-refractivity contribution in [3.05, 3.63) is 22.4 Å². The Balaban J connectivity index is 1.74. The van der Waals surface area contributed by atoms with Gasteiger partial charge in [0.25, 0.3) is 0 Å². The summed E-state index contributed by atoms with van der Waals surface area (Å²) < 4.78 is 0. The van der Waals surface area contributed by atoms with E-state index in [0.717, 1.165) is 41.6 Å². The van der Waals surface area contributed by atoms with Crippen molar-refractivity contribution < 1.29 is 0 Å². The number of hydrogen-bond donors (Lipinski definition) is 0. The molecular weight excluding hydrogens is 290 g/mol. The van der Waals surface area contributed by atoms with Crippen LogP contribution >= 0.6 is 22.9 Å². The van der Waals surface area contributed by atoms with E-state index >= 15 is 0 Å². The van der Waals surface area contributed by atoms with Gasteiger partial charge in [0.15, 0.2) is 0 Å². The lowest BCUT2D eigenvalue weighted by atomic mass is 9.80. The SMILES string of the molecule is CC(C)(C)C1CCN(Cc2nc(Cl)c3ccsc3n2)C1. The monoisotopic (exact) mass is 309 g/mol. The second-order valence-electron chi connectivity index (χ2n) is 6.66. The van der Waals surface area contributed by atoms with Crippen LogP contribution in [0.15, 0.2) is 11.4 Å². The zero-order valence-corrected chi connectivity index (χ0v) is 13.8. The Morgan fingerprint density at radius 1 is 1.40 bits per heavy atom. The lowest BCUT2D eigenvalue weighted by Gasteiger charge is -2.27. The van der Waals surface area contributed by atoms with E-state index in [1.54, 1.807) is 11.3 Å². The Morgan fingerprint density at radius 2 is 2.20 bits per heavy atom. The number of fused-ring (bicyclic) bond motifs is 1. The molecule has 1 unspecified atom stereocenters. The molecule has 1 atom stereocenters. The van der Waals surface area contributed by atoms with Crippen LogP contribution in [0, 0.1) is 11.3 Å². The van der Waals surface area contributed by atoms with Gasteiger partial charge in [-0.1, -0.05) is 32.4 Å². The minimum Gasteiger partial charge on any atom is -0.296 e. The molecule has 5 heteroatoms. The number of thiophene rings is 1. The molecule has 0 saturated carbocycles. The van der Waals surface area contributed by atoms with Gasteiger partial charge in [-0.3, -0.25) is 4.90 Å². The van der Waals surface area contributed by atoms with Crippen LogP contribution in [0.25, 0.3) is 10.2 Å². The van der Waals surface area contributed by atoms with Gasteiger partial charge in [0.1, 0.15) is 15.8 Å². The highest BCUT2D eigenvalue weighted by Gasteiger charge is 2.31. The normalized spacial score (nSPS) is 20.9. The zero-order chi connectivity index (χ0) is 14.3. The molecule has 3 rings (SSSR count). The van der Waals surface area contributed by atoms with Gasteiger partial charge < -0.3 is 0 Å². The first-order valence-electron chi connectivity index (χ1n) is 7.05. The predicted octanol–water partition coefficient (Wildman–Crippen LogP) is 4.21. The maximum atomic E-state index is 6.23. The fraction of sp³-hybridized carbons (Fsp3) is 0.600. The molecule has 2 aromatic rings. The van der Waals surface area contributed by atoms with Gasteiger partial charge in [-0.25, -0.2) is 9.97 Å². The van der Waals surface area contributed by atoms with E-state index in [1.165, 1.54) is 6.42 Å². The molecule has 0 aliphatic carbocycles. The first-order valence-corrected chi connectivity index (χ1v) is 8.31. The van der Waals surface area contributed by atoms with Gasteiger partial charge >= 0.3 is 0 Å². The van der Waals surface area contributed by atoms with Crippen molar-refractivity contribution in [1.29, 1.82) is 0 Å². The average Bonchev–Trinajstić information content (AvgIpc) is 2.96. The number of likely N-dealkylation sites (tertiary alicyclic amines) is 1. The van der Waals surface area contributed by atoms with E-state index in [1.807, 2.05) is 11.4 Å². The first kappa shape index (κ1) is 14.2. The minimum atomic E-state index is 0.380. The van der Waals surface area contributed by atoms with Crippen molar-refractivity contribution in [3.8, 4) is 0 Å². The van der Waals surface area contributed by atoms with Crippen molar-refractivity contribution in [2.24, 2.45) is 11.3 Å². The third-order valence-corrected chi connectivity index (χ3v) is 5.28. The Bertz CT molecular complexity index is 617. The molecule has 2 aromatic heterocycles. The molecule has 108 valence electrons. The fourth-order valence-corrected chi connectivity index (χ4v) is 3.90. The highest BCUT2D eigenvalue weighted by Crippen LogP contribution is 2.34. The molecular formula is C15H20ClN3S. The molecule has 1 aliphatic heterocycles. The largest absolute Gasteiger partial charge is 0.296 e. The summed E-state index contributed by atoms with van der Waals surface area (Å²) in [6.45, 7) is 10.0. The van der Waals surface area contributed by atoms with Crippen LogP contribution in [0.4, 0.5) is 0 Å². The van der Waals surface area contributed by atoms with Crippen LogP contribution in [-0.4, -0.2) is 28.0 Å². The van der Waals surface area contributed by atoms with E-state index in [-0.39, 0.29) is 0 Å². The van der Waals surface area contributed by atoms with E-state index < -0.39 is 0 Å². The van der Waals surface area contributed by atoms with Gasteiger partial charge in [-0.2, -0.15) is 0 Å². The summed E-state index contributed by atoms with van der Waals surface area (Å²) in [4.78, 5) is 12.5. The Hall–Kier alpha value is -0.710. The van der Waals surface area contributed by atoms with E-state index in [9.17, 15) is 0 Å². The molecule has 0 bridgehead atoms. The second-order valence-corrected chi connectivity index (χ2v) is 7.91. The second kappa shape index (κ2) is 5.24. The molecule has 1 aliphatic rings. The average molecular weight is 310 g/mol. The van der Waals surface area contributed by atoms with Crippen LogP contribution in [0.5, 0.6) is 0 Å². The maximum Gasteiger partial charge on any atom is 0.145 e. The topological polar surface area (TPSA) is 29.0 Å². The lowest BCUT2D eigenvalue weighted by Crippen LogP contribution is -2.26. The Labute approximate surface area is 129 Å². The molecule has 0 N–H and O–H groups in total. The van der Waals surface area contributed by atoms with Crippen LogP contribution in [0.2, 0.25) is 5.15 Å². The molecule has 1 fully saturated rings. The smallest absolute Gasteiger partial charge is 0.145 e. The molecule has 1 saturated heterocycles. The summed E-state index contributed by atoms with van der Waals surface area (Å²) in [5.74, 6) is 1.60.